The van der Waals surface area contributed by atoms with Crippen LogP contribution in [0.3, 0.4) is 0 Å². The summed E-state index contributed by atoms with van der Waals surface area (Å²) >= 11 is 0. The monoisotopic (exact) mass is 458 g/mol. The van der Waals surface area contributed by atoms with Gasteiger partial charge in [-0.1, -0.05) is 19.2 Å². The highest BCUT2D eigenvalue weighted by Gasteiger charge is 2.19. The third kappa shape index (κ3) is 5.71. The molecule has 0 spiro atoms. The average Bonchev–Trinajstić information content (AvgIpc) is 2.86. The first-order valence-corrected chi connectivity index (χ1v) is 11.2. The van der Waals surface area contributed by atoms with Crippen molar-refractivity contribution in [3.63, 3.8) is 0 Å². The molecule has 3 heterocycles. The summed E-state index contributed by atoms with van der Waals surface area (Å²) < 4.78 is 11.8. The van der Waals surface area contributed by atoms with E-state index in [4.69, 9.17) is 9.47 Å². The van der Waals surface area contributed by atoms with E-state index in [0.29, 0.717) is 17.5 Å². The molecular formula is C26H30N6O2. The topological polar surface area (TPSA) is 84.4 Å². The molecule has 34 heavy (non-hydrogen) atoms. The van der Waals surface area contributed by atoms with Crippen molar-refractivity contribution < 1.29 is 9.47 Å². The maximum Gasteiger partial charge on any atom is 0.229 e. The minimum Gasteiger partial charge on any atom is -0.493 e. The van der Waals surface area contributed by atoms with Gasteiger partial charge >= 0.3 is 0 Å². The molecular weight excluding hydrogens is 428 g/mol. The Morgan fingerprint density at radius 2 is 1.82 bits per heavy atom. The molecule has 0 radical (unpaired) electrons. The van der Waals surface area contributed by atoms with Gasteiger partial charge in [0, 0.05) is 36.6 Å². The number of aromatic nitrogens is 3. The summed E-state index contributed by atoms with van der Waals surface area (Å²) in [5, 5.41) is 6.49. The molecule has 3 aromatic rings. The normalized spacial score (nSPS) is 14.3. The van der Waals surface area contributed by atoms with Crippen LogP contribution in [0.1, 0.15) is 24.1 Å². The van der Waals surface area contributed by atoms with Gasteiger partial charge in [-0.25, -0.2) is 4.98 Å². The molecule has 2 N–H and O–H groups in total. The van der Waals surface area contributed by atoms with Crippen LogP contribution >= 0.6 is 0 Å². The first kappa shape index (κ1) is 23.3. The molecule has 0 atom stereocenters. The highest BCUT2D eigenvalue weighted by molar-refractivity contribution is 5.67. The molecule has 1 aliphatic rings. The second kappa shape index (κ2) is 10.8. The third-order valence-electron chi connectivity index (χ3n) is 5.67. The van der Waals surface area contributed by atoms with Gasteiger partial charge in [-0.3, -0.25) is 4.98 Å². The number of benzene rings is 1. The average molecular weight is 459 g/mol. The molecule has 0 aliphatic carbocycles. The Morgan fingerprint density at radius 3 is 2.56 bits per heavy atom. The van der Waals surface area contributed by atoms with Crippen LogP contribution < -0.4 is 20.1 Å². The van der Waals surface area contributed by atoms with E-state index in [0.717, 1.165) is 54.3 Å². The number of ether oxygens (including phenoxy) is 2. The lowest BCUT2D eigenvalue weighted by Crippen LogP contribution is -2.35. The van der Waals surface area contributed by atoms with Crippen molar-refractivity contribution in [2.24, 2.45) is 0 Å². The van der Waals surface area contributed by atoms with Gasteiger partial charge in [0.05, 0.1) is 24.7 Å². The number of likely N-dealkylation sites (tertiary alicyclic amines) is 1. The molecule has 0 amide bonds. The van der Waals surface area contributed by atoms with Crippen LogP contribution in [0, 0.1) is 0 Å². The zero-order valence-corrected chi connectivity index (χ0v) is 19.6. The molecule has 0 bridgehead atoms. The van der Waals surface area contributed by atoms with Crippen LogP contribution in [0.25, 0.3) is 12.2 Å². The van der Waals surface area contributed by atoms with E-state index in [2.05, 4.69) is 50.7 Å². The van der Waals surface area contributed by atoms with E-state index in [-0.39, 0.29) is 6.10 Å². The molecule has 0 saturated carbocycles. The van der Waals surface area contributed by atoms with Crippen molar-refractivity contribution in [3.8, 4) is 11.5 Å². The minimum atomic E-state index is 0.201. The molecule has 1 aliphatic heterocycles. The first-order valence-electron chi connectivity index (χ1n) is 11.2. The number of pyridine rings is 1. The summed E-state index contributed by atoms with van der Waals surface area (Å²) in [7, 11) is 3.78. The van der Waals surface area contributed by atoms with Crippen molar-refractivity contribution in [2.75, 3.05) is 37.9 Å². The lowest BCUT2D eigenvalue weighted by Gasteiger charge is -2.29. The number of nitrogens with one attached hydrogen (secondary N) is 2. The van der Waals surface area contributed by atoms with Gasteiger partial charge in [0.25, 0.3) is 0 Å². The van der Waals surface area contributed by atoms with Crippen molar-refractivity contribution in [1.29, 1.82) is 0 Å². The van der Waals surface area contributed by atoms with Crippen molar-refractivity contribution >= 4 is 35.3 Å². The van der Waals surface area contributed by atoms with Gasteiger partial charge in [-0.2, -0.15) is 4.98 Å². The van der Waals surface area contributed by atoms with Crippen LogP contribution in [0.15, 0.2) is 55.9 Å². The van der Waals surface area contributed by atoms with Crippen LogP contribution in [0.2, 0.25) is 0 Å². The Labute approximate surface area is 200 Å². The Morgan fingerprint density at radius 1 is 1.00 bits per heavy atom. The quantitative estimate of drug-likeness (QED) is 0.457. The number of rotatable bonds is 9. The number of methoxy groups -OCH3 is 1. The Bertz CT molecular complexity index is 1160. The zero-order valence-electron chi connectivity index (χ0n) is 19.6. The smallest absolute Gasteiger partial charge is 0.229 e. The Kier molecular flexibility index (Phi) is 7.39. The highest BCUT2D eigenvalue weighted by Crippen LogP contribution is 2.33. The third-order valence-corrected chi connectivity index (χ3v) is 5.67. The van der Waals surface area contributed by atoms with E-state index < -0.39 is 0 Å². The summed E-state index contributed by atoms with van der Waals surface area (Å²) in [6.07, 6.45) is 9.08. The Hall–Kier alpha value is -3.91. The predicted molar refractivity (Wildman–Crippen MR) is 137 cm³/mol. The van der Waals surface area contributed by atoms with E-state index >= 15 is 0 Å². The second-order valence-corrected chi connectivity index (χ2v) is 8.11. The summed E-state index contributed by atoms with van der Waals surface area (Å²) in [4.78, 5) is 15.6. The maximum atomic E-state index is 6.21. The predicted octanol–water partition coefficient (Wildman–Crippen LogP) is 5.13. The summed E-state index contributed by atoms with van der Waals surface area (Å²) in [6, 6.07) is 9.48. The van der Waals surface area contributed by atoms with Gasteiger partial charge in [0.2, 0.25) is 5.95 Å². The molecule has 1 aromatic carbocycles. The van der Waals surface area contributed by atoms with E-state index in [1.807, 2.05) is 24.3 Å². The van der Waals surface area contributed by atoms with Crippen LogP contribution in [-0.2, 0) is 0 Å². The Balaban J connectivity index is 1.45. The number of piperidine rings is 1. The van der Waals surface area contributed by atoms with Gasteiger partial charge in [-0.15, -0.1) is 0 Å². The SMILES string of the molecule is C=Cc1cc(Nc2ccnc(Nc3ccc(OC4CCN(C)CC4)c(OC)c3)n2)cnc1C=C. The lowest BCUT2D eigenvalue weighted by molar-refractivity contribution is 0.111. The van der Waals surface area contributed by atoms with E-state index in [1.54, 1.807) is 37.7 Å². The number of anilines is 4. The van der Waals surface area contributed by atoms with Crippen molar-refractivity contribution in [3.05, 3.63) is 67.1 Å². The second-order valence-electron chi connectivity index (χ2n) is 8.11. The van der Waals surface area contributed by atoms with E-state index in [9.17, 15) is 0 Å². The van der Waals surface area contributed by atoms with Crippen molar-refractivity contribution in [2.45, 2.75) is 18.9 Å². The lowest BCUT2D eigenvalue weighted by atomic mass is 10.1. The molecule has 4 rings (SSSR count). The van der Waals surface area contributed by atoms with Crippen molar-refractivity contribution in [1.82, 2.24) is 19.9 Å². The summed E-state index contributed by atoms with van der Waals surface area (Å²) in [5.41, 5.74) is 3.27. The van der Waals surface area contributed by atoms with Gasteiger partial charge in [-0.05, 0) is 50.2 Å². The fourth-order valence-electron chi connectivity index (χ4n) is 3.79. The molecule has 8 nitrogen and oxygen atoms in total. The van der Waals surface area contributed by atoms with E-state index in [1.165, 1.54) is 0 Å². The van der Waals surface area contributed by atoms with Crippen LogP contribution in [0.5, 0.6) is 11.5 Å². The standard InChI is InChI=1S/C26H30N6O2/c1-5-18-15-20(17-28-22(18)6-2)29-25-9-12-27-26(31-25)30-19-7-8-23(24(16-19)33-4)34-21-10-13-32(3)14-11-21/h5-9,12,15-17,21H,1-2,10-11,13-14H2,3-4H3,(H2,27,29,30,31). The molecule has 176 valence electrons. The summed E-state index contributed by atoms with van der Waals surface area (Å²) in [5.74, 6) is 2.50. The largest absolute Gasteiger partial charge is 0.493 e. The molecule has 1 saturated heterocycles. The van der Waals surface area contributed by atoms with Crippen LogP contribution in [-0.4, -0.2) is 53.2 Å². The maximum absolute atomic E-state index is 6.21. The zero-order chi connectivity index (χ0) is 23.9. The van der Waals surface area contributed by atoms with Gasteiger partial charge in [0.15, 0.2) is 11.5 Å². The summed E-state index contributed by atoms with van der Waals surface area (Å²) in [6.45, 7) is 9.69. The van der Waals surface area contributed by atoms with Gasteiger partial charge < -0.3 is 25.0 Å². The molecule has 0 unspecified atom stereocenters. The fraction of sp³-hybridized carbons (Fsp3) is 0.269. The van der Waals surface area contributed by atoms with Crippen LogP contribution in [0.4, 0.5) is 23.1 Å². The highest BCUT2D eigenvalue weighted by atomic mass is 16.5. The number of hydrogen-bond donors (Lipinski definition) is 2. The molecule has 8 heteroatoms. The van der Waals surface area contributed by atoms with Gasteiger partial charge in [0.1, 0.15) is 11.9 Å². The number of hydrogen-bond acceptors (Lipinski definition) is 8. The first-order chi connectivity index (χ1) is 16.6. The number of nitrogens with zero attached hydrogens (tertiary/aromatic N) is 4. The fourth-order valence-corrected chi connectivity index (χ4v) is 3.79. The molecule has 2 aromatic heterocycles. The molecule has 1 fully saturated rings. The minimum absolute atomic E-state index is 0.201.